The van der Waals surface area contributed by atoms with Crippen molar-refractivity contribution < 1.29 is 14.3 Å². The third kappa shape index (κ3) is 3.73. The number of thiophene rings is 1. The molecular formula is C17H22N4O4S. The molecule has 0 spiro atoms. The van der Waals surface area contributed by atoms with Crippen molar-refractivity contribution >= 4 is 23.2 Å². The molecule has 0 radical (unpaired) electrons. The number of nitrogens with one attached hydrogen (secondary N) is 3. The van der Waals surface area contributed by atoms with Crippen LogP contribution in [-0.2, 0) is 11.3 Å². The van der Waals surface area contributed by atoms with Crippen molar-refractivity contribution in [3.05, 3.63) is 43.8 Å². The van der Waals surface area contributed by atoms with E-state index in [1.807, 2.05) is 12.1 Å². The zero-order chi connectivity index (χ0) is 18.7. The molecule has 0 saturated carbocycles. The molecule has 140 valence electrons. The zero-order valence-electron chi connectivity index (χ0n) is 14.8. The highest BCUT2D eigenvalue weighted by atomic mass is 32.1. The van der Waals surface area contributed by atoms with E-state index >= 15 is 0 Å². The lowest BCUT2D eigenvalue weighted by Crippen LogP contribution is -2.24. The second kappa shape index (κ2) is 7.88. The number of carbonyl (C=O) groups excluding carboxylic acids is 2. The molecule has 3 N–H and O–H groups in total. The predicted molar refractivity (Wildman–Crippen MR) is 97.5 cm³/mol. The molecule has 2 aromatic heterocycles. The molecule has 9 heteroatoms. The van der Waals surface area contributed by atoms with E-state index in [2.05, 4.69) is 20.2 Å². The average Bonchev–Trinajstić information content (AvgIpc) is 3.34. The molecule has 1 aliphatic rings. The van der Waals surface area contributed by atoms with E-state index < -0.39 is 11.7 Å². The van der Waals surface area contributed by atoms with Crippen LogP contribution in [0.4, 0.5) is 0 Å². The van der Waals surface area contributed by atoms with Crippen molar-refractivity contribution in [1.29, 1.82) is 0 Å². The molecule has 0 unspecified atom stereocenters. The highest BCUT2D eigenvalue weighted by molar-refractivity contribution is 7.14. The monoisotopic (exact) mass is 378 g/mol. The summed E-state index contributed by atoms with van der Waals surface area (Å²) >= 11 is 1.48. The Hall–Kier alpha value is -2.39. The van der Waals surface area contributed by atoms with Gasteiger partial charge < -0.3 is 15.0 Å². The highest BCUT2D eigenvalue weighted by Gasteiger charge is 2.30. The quantitative estimate of drug-likeness (QED) is 0.663. The molecule has 3 rings (SSSR count). The summed E-state index contributed by atoms with van der Waals surface area (Å²) < 4.78 is 5.01. The van der Waals surface area contributed by atoms with Gasteiger partial charge in [0.25, 0.3) is 5.91 Å². The van der Waals surface area contributed by atoms with Crippen LogP contribution >= 0.6 is 11.3 Å². The Bertz CT molecular complexity index is 853. The van der Waals surface area contributed by atoms with Crippen LogP contribution in [0.2, 0.25) is 0 Å². The van der Waals surface area contributed by atoms with E-state index in [-0.39, 0.29) is 24.2 Å². The molecule has 8 nitrogen and oxygen atoms in total. The molecule has 0 bridgehead atoms. The minimum Gasteiger partial charge on any atom is -0.461 e. The Kier molecular flexibility index (Phi) is 5.58. The number of likely N-dealkylation sites (tertiary alicyclic amines) is 1. The van der Waals surface area contributed by atoms with Gasteiger partial charge in [0.2, 0.25) is 0 Å². The molecule has 26 heavy (non-hydrogen) atoms. The molecular weight excluding hydrogens is 356 g/mol. The molecule has 1 saturated heterocycles. The zero-order valence-corrected chi connectivity index (χ0v) is 15.6. The van der Waals surface area contributed by atoms with Gasteiger partial charge in [-0.2, -0.15) is 0 Å². The SMILES string of the molecule is CCOC(=O)c1[nH]c(=O)[nH]c1CN1CCC[C@@H]1c1ccc(C(=O)NC)s1. The van der Waals surface area contributed by atoms with Crippen LogP contribution in [0.3, 0.4) is 0 Å². The van der Waals surface area contributed by atoms with Gasteiger partial charge in [-0.3, -0.25) is 14.7 Å². The van der Waals surface area contributed by atoms with Gasteiger partial charge in [-0.05, 0) is 38.4 Å². The van der Waals surface area contributed by atoms with E-state index in [0.717, 1.165) is 24.3 Å². The van der Waals surface area contributed by atoms with Gasteiger partial charge in [0.05, 0.1) is 17.2 Å². The molecule has 3 heterocycles. The standard InChI is InChI=1S/C17H22N4O4S/c1-3-25-16(23)14-10(19-17(24)20-14)9-21-8-4-5-11(21)12-6-7-13(26-12)15(22)18-2/h6-7,11H,3-5,8-9H2,1-2H3,(H,18,22)(H2,19,20,24)/t11-/m1/s1. The first-order chi connectivity index (χ1) is 12.5. The van der Waals surface area contributed by atoms with Crippen molar-refractivity contribution in [3.8, 4) is 0 Å². The number of ether oxygens (including phenoxy) is 1. The van der Waals surface area contributed by atoms with Gasteiger partial charge in [0, 0.05) is 24.5 Å². The summed E-state index contributed by atoms with van der Waals surface area (Å²) in [6.45, 7) is 3.26. The number of H-pyrrole nitrogens is 2. The minimum absolute atomic E-state index is 0.0923. The van der Waals surface area contributed by atoms with Crippen LogP contribution in [0.25, 0.3) is 0 Å². The lowest BCUT2D eigenvalue weighted by molar-refractivity contribution is 0.0517. The van der Waals surface area contributed by atoms with E-state index in [1.54, 1.807) is 14.0 Å². The van der Waals surface area contributed by atoms with Crippen LogP contribution in [0, 0.1) is 0 Å². The van der Waals surface area contributed by atoms with Crippen LogP contribution in [-0.4, -0.2) is 46.9 Å². The van der Waals surface area contributed by atoms with Crippen molar-refractivity contribution in [1.82, 2.24) is 20.2 Å². The predicted octanol–water partition coefficient (Wildman–Crippen LogP) is 1.64. The molecule has 1 atom stereocenters. The summed E-state index contributed by atoms with van der Waals surface area (Å²) in [6, 6.07) is 3.97. The fraction of sp³-hybridized carbons (Fsp3) is 0.471. The van der Waals surface area contributed by atoms with E-state index in [0.29, 0.717) is 17.1 Å². The van der Waals surface area contributed by atoms with E-state index in [1.165, 1.54) is 11.3 Å². The van der Waals surface area contributed by atoms with E-state index in [9.17, 15) is 14.4 Å². The maximum absolute atomic E-state index is 12.0. The summed E-state index contributed by atoms with van der Waals surface area (Å²) in [5.41, 5.74) is 0.292. The third-order valence-corrected chi connectivity index (χ3v) is 5.60. The number of aromatic nitrogens is 2. The second-order valence-electron chi connectivity index (χ2n) is 6.06. The fourth-order valence-electron chi connectivity index (χ4n) is 3.23. The topological polar surface area (TPSA) is 107 Å². The molecule has 1 fully saturated rings. The van der Waals surface area contributed by atoms with Crippen LogP contribution in [0.15, 0.2) is 16.9 Å². The molecule has 0 aromatic carbocycles. The second-order valence-corrected chi connectivity index (χ2v) is 7.18. The maximum atomic E-state index is 12.0. The minimum atomic E-state index is -0.533. The van der Waals surface area contributed by atoms with Crippen molar-refractivity contribution in [3.63, 3.8) is 0 Å². The first kappa shape index (κ1) is 18.4. The summed E-state index contributed by atoms with van der Waals surface area (Å²) in [5.74, 6) is -0.625. The fourth-order valence-corrected chi connectivity index (χ4v) is 4.36. The van der Waals surface area contributed by atoms with Gasteiger partial charge in [0.1, 0.15) is 5.69 Å². The van der Waals surface area contributed by atoms with Gasteiger partial charge in [-0.25, -0.2) is 9.59 Å². The number of aromatic amines is 2. The van der Waals surface area contributed by atoms with Gasteiger partial charge >= 0.3 is 11.7 Å². The molecule has 1 aliphatic heterocycles. The highest BCUT2D eigenvalue weighted by Crippen LogP contribution is 2.36. The first-order valence-corrected chi connectivity index (χ1v) is 9.39. The maximum Gasteiger partial charge on any atom is 0.356 e. The third-order valence-electron chi connectivity index (χ3n) is 4.42. The van der Waals surface area contributed by atoms with Crippen molar-refractivity contribution in [2.75, 3.05) is 20.2 Å². The molecule has 0 aliphatic carbocycles. The number of hydrogen-bond acceptors (Lipinski definition) is 6. The normalized spacial score (nSPS) is 17.4. The Morgan fingerprint density at radius 3 is 2.92 bits per heavy atom. The van der Waals surface area contributed by atoms with Crippen LogP contribution < -0.4 is 11.0 Å². The summed E-state index contributed by atoms with van der Waals surface area (Å²) in [6.07, 6.45) is 1.98. The smallest absolute Gasteiger partial charge is 0.356 e. The number of imidazole rings is 1. The number of nitrogens with zero attached hydrogens (tertiary/aromatic N) is 1. The largest absolute Gasteiger partial charge is 0.461 e. The van der Waals surface area contributed by atoms with Gasteiger partial charge in [0.15, 0.2) is 0 Å². The Labute approximate surface area is 154 Å². The summed E-state index contributed by atoms with van der Waals surface area (Å²) in [5, 5.41) is 2.63. The lowest BCUT2D eigenvalue weighted by Gasteiger charge is -2.23. The van der Waals surface area contributed by atoms with Gasteiger partial charge in [-0.15, -0.1) is 11.3 Å². The van der Waals surface area contributed by atoms with E-state index in [4.69, 9.17) is 4.74 Å². The Morgan fingerprint density at radius 2 is 2.19 bits per heavy atom. The van der Waals surface area contributed by atoms with Crippen molar-refractivity contribution in [2.45, 2.75) is 32.4 Å². The number of rotatable bonds is 6. The van der Waals surface area contributed by atoms with Gasteiger partial charge in [-0.1, -0.05) is 0 Å². The van der Waals surface area contributed by atoms with Crippen LogP contribution in [0.5, 0.6) is 0 Å². The average molecular weight is 378 g/mol. The molecule has 2 aromatic rings. The summed E-state index contributed by atoms with van der Waals surface area (Å²) in [7, 11) is 1.61. The summed E-state index contributed by atoms with van der Waals surface area (Å²) in [4.78, 5) is 44.7. The number of amides is 1. The van der Waals surface area contributed by atoms with Crippen molar-refractivity contribution in [2.24, 2.45) is 0 Å². The number of hydrogen-bond donors (Lipinski definition) is 3. The van der Waals surface area contributed by atoms with Crippen LogP contribution in [0.1, 0.15) is 56.5 Å². The Balaban J connectivity index is 1.79. The number of carbonyl (C=O) groups is 2. The lowest BCUT2D eigenvalue weighted by atomic mass is 10.2. The molecule has 1 amide bonds. The first-order valence-electron chi connectivity index (χ1n) is 8.57. The number of esters is 1. The Morgan fingerprint density at radius 1 is 1.38 bits per heavy atom.